The molecule has 0 aliphatic heterocycles. The largest absolute Gasteiger partial charge is 0.369 e. The summed E-state index contributed by atoms with van der Waals surface area (Å²) in [6.45, 7) is 3.23. The molecule has 0 radical (unpaired) electrons. The lowest BCUT2D eigenvalue weighted by molar-refractivity contribution is -0.386. The summed E-state index contributed by atoms with van der Waals surface area (Å²) in [4.78, 5) is 10.4. The van der Waals surface area contributed by atoms with Crippen LogP contribution >= 0.6 is 0 Å². The van der Waals surface area contributed by atoms with Crippen molar-refractivity contribution in [1.82, 2.24) is 9.78 Å². The highest BCUT2D eigenvalue weighted by Gasteiger charge is 2.38. The monoisotopic (exact) mass is 225 g/mol. The minimum Gasteiger partial charge on any atom is -0.369 e. The highest BCUT2D eigenvalue weighted by atomic mass is 16.6. The van der Waals surface area contributed by atoms with Gasteiger partial charge in [-0.1, -0.05) is 0 Å². The van der Waals surface area contributed by atoms with Crippen molar-refractivity contribution in [3.8, 4) is 0 Å². The molecule has 1 fully saturated rings. The van der Waals surface area contributed by atoms with Gasteiger partial charge in [-0.2, -0.15) is 5.10 Å². The SMILES string of the molecule is Cc1nn(C2(O)CCCC2)c(C)c1[N+](=O)[O-]. The van der Waals surface area contributed by atoms with Gasteiger partial charge in [-0.05, 0) is 39.5 Å². The summed E-state index contributed by atoms with van der Waals surface area (Å²) in [6, 6.07) is 0. The molecule has 1 aromatic rings. The van der Waals surface area contributed by atoms with Crippen LogP contribution in [0.4, 0.5) is 5.69 Å². The van der Waals surface area contributed by atoms with Gasteiger partial charge in [0, 0.05) is 0 Å². The zero-order valence-corrected chi connectivity index (χ0v) is 9.43. The van der Waals surface area contributed by atoms with Gasteiger partial charge < -0.3 is 5.11 Å². The Kier molecular flexibility index (Phi) is 2.46. The van der Waals surface area contributed by atoms with E-state index in [0.29, 0.717) is 24.2 Å². The maximum Gasteiger partial charge on any atom is 0.312 e. The van der Waals surface area contributed by atoms with Crippen LogP contribution in [-0.4, -0.2) is 19.8 Å². The number of aliphatic hydroxyl groups is 1. The lowest BCUT2D eigenvalue weighted by Gasteiger charge is -2.23. The lowest BCUT2D eigenvalue weighted by Crippen LogP contribution is -2.31. The summed E-state index contributed by atoms with van der Waals surface area (Å²) >= 11 is 0. The predicted octanol–water partition coefficient (Wildman–Crippen LogP) is 1.63. The van der Waals surface area contributed by atoms with Gasteiger partial charge in [-0.3, -0.25) is 10.1 Å². The molecular formula is C10H15N3O3. The van der Waals surface area contributed by atoms with E-state index in [1.54, 1.807) is 13.8 Å². The summed E-state index contributed by atoms with van der Waals surface area (Å²) in [5.74, 6) is 0. The van der Waals surface area contributed by atoms with E-state index >= 15 is 0 Å². The van der Waals surface area contributed by atoms with Crippen molar-refractivity contribution in [1.29, 1.82) is 0 Å². The van der Waals surface area contributed by atoms with E-state index in [4.69, 9.17) is 0 Å². The maximum atomic E-state index is 10.8. The number of aromatic nitrogens is 2. The summed E-state index contributed by atoms with van der Waals surface area (Å²) in [5.41, 5.74) is -0.210. The Bertz CT molecular complexity index is 433. The van der Waals surface area contributed by atoms with Crippen LogP contribution in [0.1, 0.15) is 37.1 Å². The average Bonchev–Trinajstić information content (AvgIpc) is 2.72. The molecule has 6 heteroatoms. The molecule has 1 heterocycles. The van der Waals surface area contributed by atoms with Crippen molar-refractivity contribution in [2.24, 2.45) is 0 Å². The topological polar surface area (TPSA) is 81.2 Å². The lowest BCUT2D eigenvalue weighted by atomic mass is 10.2. The molecule has 1 aliphatic carbocycles. The second-order valence-electron chi connectivity index (χ2n) is 4.38. The molecule has 1 saturated carbocycles. The molecular weight excluding hydrogens is 210 g/mol. The van der Waals surface area contributed by atoms with Crippen molar-refractivity contribution >= 4 is 5.69 Å². The van der Waals surface area contributed by atoms with E-state index in [2.05, 4.69) is 5.10 Å². The molecule has 0 unspecified atom stereocenters. The van der Waals surface area contributed by atoms with Crippen molar-refractivity contribution in [3.05, 3.63) is 21.5 Å². The highest BCUT2D eigenvalue weighted by Crippen LogP contribution is 2.36. The molecule has 1 N–H and O–H groups in total. The Morgan fingerprint density at radius 2 is 2.00 bits per heavy atom. The van der Waals surface area contributed by atoms with Crippen LogP contribution in [0.15, 0.2) is 0 Å². The first kappa shape index (κ1) is 11.1. The number of hydrogen-bond donors (Lipinski definition) is 1. The zero-order valence-electron chi connectivity index (χ0n) is 9.43. The zero-order chi connectivity index (χ0) is 11.9. The minimum atomic E-state index is -1.02. The Morgan fingerprint density at radius 1 is 1.44 bits per heavy atom. The van der Waals surface area contributed by atoms with Gasteiger partial charge in [0.05, 0.1) is 4.92 Å². The minimum absolute atomic E-state index is 0.0142. The van der Waals surface area contributed by atoms with E-state index in [1.807, 2.05) is 0 Å². The summed E-state index contributed by atoms with van der Waals surface area (Å²) in [5, 5.41) is 25.3. The number of nitro groups is 1. The fourth-order valence-electron chi connectivity index (χ4n) is 2.46. The van der Waals surface area contributed by atoms with Crippen LogP contribution in [-0.2, 0) is 5.72 Å². The van der Waals surface area contributed by atoms with Crippen LogP contribution in [0.3, 0.4) is 0 Å². The molecule has 88 valence electrons. The molecule has 16 heavy (non-hydrogen) atoms. The van der Waals surface area contributed by atoms with E-state index in [-0.39, 0.29) is 5.69 Å². The molecule has 0 saturated heterocycles. The quantitative estimate of drug-likeness (QED) is 0.612. The van der Waals surface area contributed by atoms with Crippen LogP contribution in [0.2, 0.25) is 0 Å². The van der Waals surface area contributed by atoms with E-state index in [9.17, 15) is 15.2 Å². The van der Waals surface area contributed by atoms with Gasteiger partial charge in [-0.25, -0.2) is 4.68 Å². The molecule has 2 rings (SSSR count). The molecule has 0 spiro atoms. The van der Waals surface area contributed by atoms with Gasteiger partial charge in [0.15, 0.2) is 5.72 Å². The highest BCUT2D eigenvalue weighted by molar-refractivity contribution is 5.40. The van der Waals surface area contributed by atoms with Crippen LogP contribution in [0, 0.1) is 24.0 Å². The molecule has 0 aromatic carbocycles. The average molecular weight is 225 g/mol. The van der Waals surface area contributed by atoms with Crippen LogP contribution in [0.25, 0.3) is 0 Å². The number of aryl methyl sites for hydroxylation is 1. The summed E-state index contributed by atoms with van der Waals surface area (Å²) < 4.78 is 1.42. The molecule has 1 aliphatic rings. The van der Waals surface area contributed by atoms with Gasteiger partial charge in [-0.15, -0.1) is 0 Å². The molecule has 0 atom stereocenters. The Morgan fingerprint density at radius 3 is 2.44 bits per heavy atom. The first-order valence-corrected chi connectivity index (χ1v) is 5.39. The Hall–Kier alpha value is -1.43. The van der Waals surface area contributed by atoms with Crippen molar-refractivity contribution in [3.63, 3.8) is 0 Å². The Balaban J connectivity index is 2.50. The fourth-order valence-corrected chi connectivity index (χ4v) is 2.46. The van der Waals surface area contributed by atoms with Gasteiger partial charge in [0.2, 0.25) is 0 Å². The van der Waals surface area contributed by atoms with Gasteiger partial charge >= 0.3 is 5.69 Å². The fraction of sp³-hybridized carbons (Fsp3) is 0.700. The van der Waals surface area contributed by atoms with Crippen molar-refractivity contribution in [2.75, 3.05) is 0 Å². The number of hydrogen-bond acceptors (Lipinski definition) is 4. The molecule has 0 amide bonds. The molecule has 6 nitrogen and oxygen atoms in total. The molecule has 0 bridgehead atoms. The first-order valence-electron chi connectivity index (χ1n) is 5.39. The predicted molar refractivity (Wildman–Crippen MR) is 57.0 cm³/mol. The van der Waals surface area contributed by atoms with E-state index in [1.165, 1.54) is 4.68 Å². The van der Waals surface area contributed by atoms with Gasteiger partial charge in [0.25, 0.3) is 0 Å². The third-order valence-electron chi connectivity index (χ3n) is 3.23. The van der Waals surface area contributed by atoms with Gasteiger partial charge in [0.1, 0.15) is 11.4 Å². The normalized spacial score (nSPS) is 18.9. The third kappa shape index (κ3) is 1.49. The Labute approximate surface area is 93.0 Å². The summed E-state index contributed by atoms with van der Waals surface area (Å²) in [7, 11) is 0. The van der Waals surface area contributed by atoms with Crippen LogP contribution in [0.5, 0.6) is 0 Å². The third-order valence-corrected chi connectivity index (χ3v) is 3.23. The van der Waals surface area contributed by atoms with Crippen molar-refractivity contribution in [2.45, 2.75) is 45.3 Å². The smallest absolute Gasteiger partial charge is 0.312 e. The number of nitrogens with zero attached hydrogens (tertiary/aromatic N) is 3. The first-order chi connectivity index (χ1) is 7.46. The van der Waals surface area contributed by atoms with Crippen LogP contribution < -0.4 is 0 Å². The second-order valence-corrected chi connectivity index (χ2v) is 4.38. The van der Waals surface area contributed by atoms with Crippen molar-refractivity contribution < 1.29 is 10.0 Å². The summed E-state index contributed by atoms with van der Waals surface area (Å²) in [6.07, 6.45) is 3.10. The maximum absolute atomic E-state index is 10.8. The second kappa shape index (κ2) is 3.55. The molecule has 1 aromatic heterocycles. The van der Waals surface area contributed by atoms with E-state index in [0.717, 1.165) is 12.8 Å². The number of rotatable bonds is 2. The van der Waals surface area contributed by atoms with E-state index < -0.39 is 10.6 Å². The standard InChI is InChI=1S/C10H15N3O3/c1-7-9(13(15)16)8(2)12(11-7)10(14)5-3-4-6-10/h14H,3-6H2,1-2H3.